The van der Waals surface area contributed by atoms with Gasteiger partial charge >= 0.3 is 0 Å². The number of carbonyl (C=O) groups excluding carboxylic acids is 3. The largest absolute Gasteiger partial charge is 0.487 e. The summed E-state index contributed by atoms with van der Waals surface area (Å²) in [6.45, 7) is 11.5. The number of rotatable bonds is 5. The van der Waals surface area contributed by atoms with Gasteiger partial charge in [0, 0.05) is 12.3 Å². The molecule has 0 spiro atoms. The summed E-state index contributed by atoms with van der Waals surface area (Å²) in [5, 5.41) is 21.6. The topological polar surface area (TPSA) is 101 Å². The minimum Gasteiger partial charge on any atom is -0.487 e. The van der Waals surface area contributed by atoms with E-state index in [0.29, 0.717) is 0 Å². The molecule has 3 atom stereocenters. The molecule has 2 aliphatic rings. The normalized spacial score (nSPS) is 31.1. The molecule has 0 aromatic carbocycles. The van der Waals surface area contributed by atoms with Crippen molar-refractivity contribution in [2.45, 2.75) is 78.6 Å². The predicted octanol–water partition coefficient (Wildman–Crippen LogP) is 2.27. The van der Waals surface area contributed by atoms with E-state index in [1.165, 1.54) is 20.8 Å². The summed E-state index contributed by atoms with van der Waals surface area (Å²) in [5.41, 5.74) is -4.34. The molecule has 1 heterocycles. The van der Waals surface area contributed by atoms with Gasteiger partial charge in [-0.3, -0.25) is 14.4 Å². The number of ether oxygens (including phenoxy) is 1. The Morgan fingerprint density at radius 2 is 1.89 bits per heavy atom. The fourth-order valence-electron chi connectivity index (χ4n) is 3.54. The second kappa shape index (κ2) is 6.67. The molecule has 0 radical (unpaired) electrons. The molecule has 6 nitrogen and oxygen atoms in total. The number of fused-ring (bicyclic) bond motifs is 1. The third-order valence-electron chi connectivity index (χ3n) is 5.43. The minimum absolute atomic E-state index is 0.0879. The van der Waals surface area contributed by atoms with Gasteiger partial charge in [0.1, 0.15) is 11.7 Å². The molecule has 1 aliphatic heterocycles. The molecule has 6 heteroatoms. The SMILES string of the molecule is CC(C)=CC[C@@]1(C)C(=O)C(C(=O)C(C)C)=C2O[C@H](C(C)(C)O)C[C@]2(O)C1=O. The Balaban J connectivity index is 2.72. The lowest BCUT2D eigenvalue weighted by Crippen LogP contribution is -2.56. The standard InChI is InChI=1S/C21H30O6/c1-11(2)8-9-20(7)16(23)14(15(22)12(3)4)17-21(26,18(20)24)10-13(27-17)19(5,6)25/h8,12-13,25-26H,9-10H2,1-7H3/t13-,20-,21+/m0/s1. The summed E-state index contributed by atoms with van der Waals surface area (Å²) in [4.78, 5) is 39.4. The van der Waals surface area contributed by atoms with Crippen LogP contribution in [0.1, 0.15) is 61.3 Å². The van der Waals surface area contributed by atoms with Crippen LogP contribution in [0.25, 0.3) is 0 Å². The van der Waals surface area contributed by atoms with Gasteiger partial charge in [-0.15, -0.1) is 0 Å². The number of ketones is 3. The summed E-state index contributed by atoms with van der Waals surface area (Å²) in [7, 11) is 0. The van der Waals surface area contributed by atoms with Gasteiger partial charge in [-0.05, 0) is 41.0 Å². The van der Waals surface area contributed by atoms with Crippen molar-refractivity contribution in [3.63, 3.8) is 0 Å². The van der Waals surface area contributed by atoms with Crippen LogP contribution in [0.15, 0.2) is 23.0 Å². The Hall–Kier alpha value is -1.79. The number of aliphatic hydroxyl groups is 2. The van der Waals surface area contributed by atoms with E-state index >= 15 is 0 Å². The van der Waals surface area contributed by atoms with Crippen molar-refractivity contribution in [1.82, 2.24) is 0 Å². The van der Waals surface area contributed by atoms with Gasteiger partial charge in [-0.25, -0.2) is 0 Å². The molecule has 150 valence electrons. The average Bonchev–Trinajstić information content (AvgIpc) is 2.90. The van der Waals surface area contributed by atoms with Crippen molar-refractivity contribution in [2.24, 2.45) is 11.3 Å². The third kappa shape index (κ3) is 3.41. The van der Waals surface area contributed by atoms with E-state index in [9.17, 15) is 24.6 Å². The van der Waals surface area contributed by atoms with Gasteiger partial charge < -0.3 is 14.9 Å². The fraction of sp³-hybridized carbons (Fsp3) is 0.667. The Labute approximate surface area is 160 Å². The van der Waals surface area contributed by atoms with Gasteiger partial charge in [0.15, 0.2) is 28.7 Å². The maximum atomic E-state index is 13.3. The molecule has 1 saturated heterocycles. The number of hydrogen-bond acceptors (Lipinski definition) is 6. The molecule has 27 heavy (non-hydrogen) atoms. The number of Topliss-reactive ketones (excluding diaryl/α,β-unsaturated/α-hetero) is 3. The van der Waals surface area contributed by atoms with Crippen LogP contribution in [-0.4, -0.2) is 44.9 Å². The monoisotopic (exact) mass is 378 g/mol. The summed E-state index contributed by atoms with van der Waals surface area (Å²) in [6.07, 6.45) is 0.738. The molecular formula is C21H30O6. The van der Waals surface area contributed by atoms with Gasteiger partial charge in [0.25, 0.3) is 0 Å². The first-order valence-electron chi connectivity index (χ1n) is 9.29. The molecule has 0 aromatic rings. The molecule has 0 bridgehead atoms. The van der Waals surface area contributed by atoms with E-state index < -0.39 is 46.0 Å². The first-order valence-corrected chi connectivity index (χ1v) is 9.29. The third-order valence-corrected chi connectivity index (χ3v) is 5.43. The highest BCUT2D eigenvalue weighted by Crippen LogP contribution is 2.50. The van der Waals surface area contributed by atoms with Crippen LogP contribution in [0.4, 0.5) is 0 Å². The van der Waals surface area contributed by atoms with Crippen molar-refractivity contribution < 1.29 is 29.3 Å². The van der Waals surface area contributed by atoms with Crippen molar-refractivity contribution in [2.75, 3.05) is 0 Å². The summed E-state index contributed by atoms with van der Waals surface area (Å²) < 4.78 is 5.68. The number of carbonyl (C=O) groups is 3. The van der Waals surface area contributed by atoms with Gasteiger partial charge in [0.2, 0.25) is 0 Å². The molecule has 2 N–H and O–H groups in total. The number of hydrogen-bond donors (Lipinski definition) is 2. The second-order valence-electron chi connectivity index (χ2n) is 9.02. The van der Waals surface area contributed by atoms with E-state index in [-0.39, 0.29) is 24.2 Å². The predicted molar refractivity (Wildman–Crippen MR) is 99.8 cm³/mol. The summed E-state index contributed by atoms with van der Waals surface area (Å²) in [6, 6.07) is 0. The van der Waals surface area contributed by atoms with Crippen molar-refractivity contribution in [1.29, 1.82) is 0 Å². The molecular weight excluding hydrogens is 348 g/mol. The lowest BCUT2D eigenvalue weighted by atomic mass is 9.63. The van der Waals surface area contributed by atoms with Crippen LogP contribution in [0.2, 0.25) is 0 Å². The maximum absolute atomic E-state index is 13.3. The lowest BCUT2D eigenvalue weighted by Gasteiger charge is -2.38. The Morgan fingerprint density at radius 3 is 2.33 bits per heavy atom. The highest BCUT2D eigenvalue weighted by molar-refractivity contribution is 6.32. The van der Waals surface area contributed by atoms with Crippen molar-refractivity contribution in [3.8, 4) is 0 Å². The zero-order chi connectivity index (χ0) is 20.9. The van der Waals surface area contributed by atoms with Gasteiger partial charge in [-0.2, -0.15) is 0 Å². The van der Waals surface area contributed by atoms with E-state index in [1.807, 2.05) is 13.8 Å². The van der Waals surface area contributed by atoms with Crippen LogP contribution in [0.5, 0.6) is 0 Å². The maximum Gasteiger partial charge on any atom is 0.186 e. The van der Waals surface area contributed by atoms with E-state index in [1.54, 1.807) is 19.9 Å². The second-order valence-corrected chi connectivity index (χ2v) is 9.02. The Bertz CT molecular complexity index is 747. The van der Waals surface area contributed by atoms with Gasteiger partial charge in [0.05, 0.1) is 11.0 Å². The Kier molecular flexibility index (Phi) is 5.32. The molecule has 2 rings (SSSR count). The van der Waals surface area contributed by atoms with Crippen molar-refractivity contribution >= 4 is 17.3 Å². The molecule has 0 saturated carbocycles. The van der Waals surface area contributed by atoms with Crippen molar-refractivity contribution in [3.05, 3.63) is 23.0 Å². The quantitative estimate of drug-likeness (QED) is 0.432. The van der Waals surface area contributed by atoms with Gasteiger partial charge in [-0.1, -0.05) is 25.5 Å². The molecule has 0 aromatic heterocycles. The first kappa shape index (κ1) is 21.5. The van der Waals surface area contributed by atoms with E-state index in [0.717, 1.165) is 5.57 Å². The molecule has 0 amide bonds. The average molecular weight is 378 g/mol. The molecule has 1 aliphatic carbocycles. The fourth-order valence-corrected chi connectivity index (χ4v) is 3.54. The van der Waals surface area contributed by atoms with Crippen LogP contribution in [-0.2, 0) is 19.1 Å². The summed E-state index contributed by atoms with van der Waals surface area (Å²) in [5.74, 6) is -2.58. The highest BCUT2D eigenvalue weighted by Gasteiger charge is 2.65. The smallest absolute Gasteiger partial charge is 0.186 e. The zero-order valence-electron chi connectivity index (χ0n) is 17.2. The highest BCUT2D eigenvalue weighted by atomic mass is 16.5. The minimum atomic E-state index is -2.09. The number of allylic oxidation sites excluding steroid dienone is 3. The Morgan fingerprint density at radius 1 is 1.33 bits per heavy atom. The lowest BCUT2D eigenvalue weighted by molar-refractivity contribution is -0.152. The van der Waals surface area contributed by atoms with Crippen LogP contribution < -0.4 is 0 Å². The van der Waals surface area contributed by atoms with E-state index in [2.05, 4.69) is 0 Å². The van der Waals surface area contributed by atoms with Crippen LogP contribution >= 0.6 is 0 Å². The van der Waals surface area contributed by atoms with Crippen LogP contribution in [0, 0.1) is 11.3 Å². The van der Waals surface area contributed by atoms with E-state index in [4.69, 9.17) is 4.74 Å². The molecule has 0 unspecified atom stereocenters. The zero-order valence-corrected chi connectivity index (χ0v) is 17.2. The van der Waals surface area contributed by atoms with Crippen LogP contribution in [0.3, 0.4) is 0 Å². The summed E-state index contributed by atoms with van der Waals surface area (Å²) >= 11 is 0. The first-order chi connectivity index (χ1) is 12.2. The molecule has 1 fully saturated rings.